The maximum absolute atomic E-state index is 13.1. The first-order chi connectivity index (χ1) is 13.6. The van der Waals surface area contributed by atoms with Crippen LogP contribution in [-0.2, 0) is 0 Å². The highest BCUT2D eigenvalue weighted by molar-refractivity contribution is 6.20. The molecule has 0 saturated carbocycles. The number of aromatic nitrogens is 1. The third kappa shape index (κ3) is 2.58. The number of nitrogens with zero attached hydrogens (tertiary/aromatic N) is 4. The van der Waals surface area contributed by atoms with E-state index in [0.29, 0.717) is 28.5 Å². The molecule has 1 atom stereocenters. The molecule has 2 aliphatic heterocycles. The van der Waals surface area contributed by atoms with Gasteiger partial charge in [-0.25, -0.2) is 4.99 Å². The summed E-state index contributed by atoms with van der Waals surface area (Å²) in [6.45, 7) is 4.66. The average molecular weight is 373 g/mol. The minimum atomic E-state index is -0.231. The van der Waals surface area contributed by atoms with Crippen molar-refractivity contribution in [2.24, 2.45) is 9.98 Å². The van der Waals surface area contributed by atoms with E-state index in [1.54, 1.807) is 19.5 Å². The molecule has 0 radical (unpaired) electrons. The number of carbonyl (C=O) groups is 1. The number of carbonyl (C=O) groups excluding carboxylic acids is 1. The number of furan rings is 1. The van der Waals surface area contributed by atoms with Crippen LogP contribution in [0, 0.1) is 6.92 Å². The summed E-state index contributed by atoms with van der Waals surface area (Å²) in [6.07, 6.45) is 4.42. The minimum absolute atomic E-state index is 0.200. The number of anilines is 1. The number of hydrogen-bond donors (Lipinski definition) is 1. The Morgan fingerprint density at radius 2 is 2.25 bits per heavy atom. The molecule has 0 saturated heterocycles. The summed E-state index contributed by atoms with van der Waals surface area (Å²) in [6, 6.07) is 9.69. The predicted octanol–water partition coefficient (Wildman–Crippen LogP) is 3.90. The van der Waals surface area contributed by atoms with E-state index in [2.05, 4.69) is 22.2 Å². The van der Waals surface area contributed by atoms with Crippen LogP contribution in [0.4, 0.5) is 11.6 Å². The van der Waals surface area contributed by atoms with Crippen molar-refractivity contribution in [3.05, 3.63) is 53.4 Å². The third-order valence-electron chi connectivity index (χ3n) is 5.15. The Bertz CT molecular complexity index is 1160. The summed E-state index contributed by atoms with van der Waals surface area (Å²) in [5.74, 6) is 1.51. The van der Waals surface area contributed by atoms with Crippen molar-refractivity contribution in [2.75, 3.05) is 11.9 Å². The molecule has 1 aromatic carbocycles. The number of amidine groups is 1. The van der Waals surface area contributed by atoms with Gasteiger partial charge in [-0.05, 0) is 37.6 Å². The number of rotatable bonds is 3. The van der Waals surface area contributed by atoms with Crippen LogP contribution in [0.3, 0.4) is 0 Å². The van der Waals surface area contributed by atoms with Gasteiger partial charge in [-0.2, -0.15) is 0 Å². The highest BCUT2D eigenvalue weighted by Crippen LogP contribution is 2.35. The van der Waals surface area contributed by atoms with Crippen molar-refractivity contribution < 1.29 is 9.21 Å². The Morgan fingerprint density at radius 1 is 1.36 bits per heavy atom. The molecule has 3 aromatic rings. The minimum Gasteiger partial charge on any atom is -0.442 e. The van der Waals surface area contributed by atoms with Crippen molar-refractivity contribution in [1.82, 2.24) is 9.88 Å². The van der Waals surface area contributed by atoms with E-state index in [1.807, 2.05) is 35.2 Å². The van der Waals surface area contributed by atoms with E-state index >= 15 is 0 Å². The van der Waals surface area contributed by atoms with Crippen LogP contribution in [-0.4, -0.2) is 40.6 Å². The van der Waals surface area contributed by atoms with Gasteiger partial charge < -0.3 is 14.6 Å². The normalized spacial score (nSPS) is 17.4. The highest BCUT2D eigenvalue weighted by Gasteiger charge is 2.35. The lowest BCUT2D eigenvalue weighted by atomic mass is 10.1. The van der Waals surface area contributed by atoms with Gasteiger partial charge in [-0.3, -0.25) is 14.8 Å². The van der Waals surface area contributed by atoms with E-state index in [1.165, 1.54) is 0 Å². The lowest BCUT2D eigenvalue weighted by Gasteiger charge is -2.18. The van der Waals surface area contributed by atoms with Gasteiger partial charge in [0.05, 0.1) is 22.7 Å². The first kappa shape index (κ1) is 16.7. The van der Waals surface area contributed by atoms with Crippen molar-refractivity contribution in [2.45, 2.75) is 26.3 Å². The molecule has 140 valence electrons. The van der Waals surface area contributed by atoms with Gasteiger partial charge in [-0.15, -0.1) is 0 Å². The maximum Gasteiger partial charge on any atom is 0.260 e. The Kier molecular flexibility index (Phi) is 3.75. The van der Waals surface area contributed by atoms with Crippen molar-refractivity contribution in [3.63, 3.8) is 0 Å². The van der Waals surface area contributed by atoms with Crippen molar-refractivity contribution in [3.8, 4) is 0 Å². The predicted molar refractivity (Wildman–Crippen MR) is 109 cm³/mol. The van der Waals surface area contributed by atoms with Crippen LogP contribution in [0.25, 0.3) is 10.9 Å². The lowest BCUT2D eigenvalue weighted by Crippen LogP contribution is -2.31. The highest BCUT2D eigenvalue weighted by atomic mass is 16.4. The molecule has 0 unspecified atom stereocenters. The number of nitrogens with one attached hydrogen (secondary N) is 1. The van der Waals surface area contributed by atoms with E-state index in [4.69, 9.17) is 9.41 Å². The van der Waals surface area contributed by atoms with Gasteiger partial charge in [0.2, 0.25) is 5.88 Å². The summed E-state index contributed by atoms with van der Waals surface area (Å²) in [5.41, 5.74) is 2.75. The maximum atomic E-state index is 13.1. The van der Waals surface area contributed by atoms with Crippen molar-refractivity contribution in [1.29, 1.82) is 0 Å². The molecule has 4 heterocycles. The SMILES string of the molecule is CC[C@H]1CN2C=Nc3oc(C)c(C(=O)Nc4ccc5ncccc5c4)c3C2=N1. The smallest absolute Gasteiger partial charge is 0.260 e. The van der Waals surface area contributed by atoms with Crippen LogP contribution in [0.15, 0.2) is 50.9 Å². The zero-order chi connectivity index (χ0) is 19.3. The van der Waals surface area contributed by atoms with Crippen LogP contribution in [0.5, 0.6) is 0 Å². The van der Waals surface area contributed by atoms with Crippen LogP contribution < -0.4 is 5.32 Å². The summed E-state index contributed by atoms with van der Waals surface area (Å²) >= 11 is 0. The summed E-state index contributed by atoms with van der Waals surface area (Å²) in [5, 5.41) is 3.95. The van der Waals surface area contributed by atoms with E-state index in [-0.39, 0.29) is 11.9 Å². The first-order valence-corrected chi connectivity index (χ1v) is 9.32. The molecule has 0 bridgehead atoms. The zero-order valence-electron chi connectivity index (χ0n) is 15.6. The molecule has 0 aliphatic carbocycles. The van der Waals surface area contributed by atoms with Crippen LogP contribution >= 0.6 is 0 Å². The topological polar surface area (TPSA) is 83.1 Å². The van der Waals surface area contributed by atoms with Gasteiger partial charge in [0, 0.05) is 23.8 Å². The molecular formula is C21H19N5O2. The number of aryl methyl sites for hydroxylation is 1. The zero-order valence-corrected chi connectivity index (χ0v) is 15.6. The molecule has 0 fully saturated rings. The summed E-state index contributed by atoms with van der Waals surface area (Å²) in [7, 11) is 0. The first-order valence-electron chi connectivity index (χ1n) is 9.32. The lowest BCUT2D eigenvalue weighted by molar-refractivity contribution is 0.102. The summed E-state index contributed by atoms with van der Waals surface area (Å²) < 4.78 is 5.77. The molecule has 1 amide bonds. The van der Waals surface area contributed by atoms with Gasteiger partial charge in [0.25, 0.3) is 5.91 Å². The van der Waals surface area contributed by atoms with Crippen molar-refractivity contribution >= 4 is 40.6 Å². The quantitative estimate of drug-likeness (QED) is 0.755. The molecule has 7 nitrogen and oxygen atoms in total. The van der Waals surface area contributed by atoms with Crippen LogP contribution in [0.2, 0.25) is 0 Å². The number of hydrogen-bond acceptors (Lipinski definition) is 6. The second-order valence-corrected chi connectivity index (χ2v) is 6.99. The van der Waals surface area contributed by atoms with E-state index in [9.17, 15) is 4.79 Å². The molecule has 5 rings (SSSR count). The fraction of sp³-hybridized carbons (Fsp3) is 0.238. The average Bonchev–Trinajstić information content (AvgIpc) is 3.27. The standard InChI is InChI=1S/C21H19N5O2/c1-3-14-10-26-11-23-21-18(19(26)24-14)17(12(2)28-21)20(27)25-15-6-7-16-13(9-15)5-4-8-22-16/h4-9,11,14H,3,10H2,1-2H3,(H,25,27)/t14-/m0/s1. The number of fused-ring (bicyclic) bond motifs is 4. The molecule has 7 heteroatoms. The number of amides is 1. The second kappa shape index (κ2) is 6.30. The monoisotopic (exact) mass is 373 g/mol. The molecule has 2 aliphatic rings. The fourth-order valence-corrected chi connectivity index (χ4v) is 3.70. The molecular weight excluding hydrogens is 354 g/mol. The van der Waals surface area contributed by atoms with Crippen LogP contribution in [0.1, 0.15) is 35.0 Å². The fourth-order valence-electron chi connectivity index (χ4n) is 3.70. The molecule has 1 N–H and O–H groups in total. The largest absolute Gasteiger partial charge is 0.442 e. The Morgan fingerprint density at radius 3 is 3.11 bits per heavy atom. The Hall–Kier alpha value is -3.48. The van der Waals surface area contributed by atoms with Gasteiger partial charge in [-0.1, -0.05) is 13.0 Å². The van der Waals surface area contributed by atoms with E-state index < -0.39 is 0 Å². The molecule has 0 spiro atoms. The third-order valence-corrected chi connectivity index (χ3v) is 5.15. The van der Waals surface area contributed by atoms with Gasteiger partial charge in [0.15, 0.2) is 0 Å². The summed E-state index contributed by atoms with van der Waals surface area (Å²) in [4.78, 5) is 28.6. The van der Waals surface area contributed by atoms with E-state index in [0.717, 1.165) is 29.7 Å². The van der Waals surface area contributed by atoms with Gasteiger partial charge >= 0.3 is 0 Å². The Labute approximate surface area is 161 Å². The molecule has 28 heavy (non-hydrogen) atoms. The number of benzene rings is 1. The number of pyridine rings is 1. The number of aliphatic imine (C=N–C) groups is 2. The van der Waals surface area contributed by atoms with Gasteiger partial charge in [0.1, 0.15) is 17.9 Å². The second-order valence-electron chi connectivity index (χ2n) is 6.99. The Balaban J connectivity index is 1.52. The molecule has 2 aromatic heterocycles.